The van der Waals surface area contributed by atoms with E-state index >= 15 is 0 Å². The van der Waals surface area contributed by atoms with E-state index in [0.29, 0.717) is 5.69 Å². The van der Waals surface area contributed by atoms with E-state index in [1.807, 2.05) is 31.2 Å². The molecular formula is C15H13ClFNOS. The fourth-order valence-electron chi connectivity index (χ4n) is 1.64. The van der Waals surface area contributed by atoms with Gasteiger partial charge in [-0.2, -0.15) is 0 Å². The Hall–Kier alpha value is -1.52. The van der Waals surface area contributed by atoms with Crippen LogP contribution in [0.4, 0.5) is 10.1 Å². The molecular weight excluding hydrogens is 297 g/mol. The summed E-state index contributed by atoms with van der Waals surface area (Å²) in [6, 6.07) is 11.7. The van der Waals surface area contributed by atoms with Crippen molar-refractivity contribution < 1.29 is 9.18 Å². The smallest absolute Gasteiger partial charge is 0.234 e. The van der Waals surface area contributed by atoms with E-state index in [1.54, 1.807) is 0 Å². The predicted molar refractivity (Wildman–Crippen MR) is 81.9 cm³/mol. The van der Waals surface area contributed by atoms with Gasteiger partial charge in [0, 0.05) is 4.90 Å². The second-order valence-corrected chi connectivity index (χ2v) is 5.65. The first-order valence-corrected chi connectivity index (χ1v) is 7.36. The van der Waals surface area contributed by atoms with Crippen molar-refractivity contribution in [3.05, 3.63) is 58.9 Å². The maximum absolute atomic E-state index is 12.9. The van der Waals surface area contributed by atoms with Crippen molar-refractivity contribution in [2.75, 3.05) is 11.1 Å². The molecule has 0 atom stereocenters. The Balaban J connectivity index is 1.94. The highest BCUT2D eigenvalue weighted by atomic mass is 35.5. The lowest BCUT2D eigenvalue weighted by Crippen LogP contribution is -2.14. The molecule has 2 nitrogen and oxygen atoms in total. The molecule has 2 rings (SSSR count). The maximum Gasteiger partial charge on any atom is 0.234 e. The summed E-state index contributed by atoms with van der Waals surface area (Å²) in [5.41, 5.74) is 1.55. The molecule has 0 aliphatic heterocycles. The van der Waals surface area contributed by atoms with Crippen LogP contribution in [-0.2, 0) is 4.79 Å². The number of rotatable bonds is 4. The molecule has 0 aromatic heterocycles. The highest BCUT2D eigenvalue weighted by Gasteiger charge is 2.08. The highest BCUT2D eigenvalue weighted by molar-refractivity contribution is 8.00. The van der Waals surface area contributed by atoms with Crippen molar-refractivity contribution in [1.82, 2.24) is 0 Å². The number of amides is 1. The summed E-state index contributed by atoms with van der Waals surface area (Å²) in [7, 11) is 0. The number of benzene rings is 2. The lowest BCUT2D eigenvalue weighted by Gasteiger charge is -2.08. The number of nitrogens with one attached hydrogen (secondary N) is 1. The third-order valence-electron chi connectivity index (χ3n) is 2.66. The fraction of sp³-hybridized carbons (Fsp3) is 0.133. The Morgan fingerprint density at radius 3 is 2.75 bits per heavy atom. The van der Waals surface area contributed by atoms with Crippen LogP contribution in [0.2, 0.25) is 5.02 Å². The van der Waals surface area contributed by atoms with E-state index in [0.717, 1.165) is 10.5 Å². The summed E-state index contributed by atoms with van der Waals surface area (Å²) in [4.78, 5) is 12.9. The van der Waals surface area contributed by atoms with Crippen molar-refractivity contribution in [2.45, 2.75) is 11.8 Å². The molecule has 0 unspecified atom stereocenters. The Kier molecular flexibility index (Phi) is 5.04. The summed E-state index contributed by atoms with van der Waals surface area (Å²) < 4.78 is 12.9. The molecule has 0 radical (unpaired) electrons. The van der Waals surface area contributed by atoms with Crippen molar-refractivity contribution in [3.63, 3.8) is 0 Å². The van der Waals surface area contributed by atoms with Gasteiger partial charge in [0.2, 0.25) is 5.91 Å². The van der Waals surface area contributed by atoms with E-state index in [4.69, 9.17) is 11.6 Å². The standard InChI is InChI=1S/C15H13ClFNOS/c1-10-4-2-3-5-14(10)20-9-15(19)18-13-7-6-11(17)8-12(13)16/h2-8H,9H2,1H3,(H,18,19). The molecule has 1 N–H and O–H groups in total. The number of carbonyl (C=O) groups excluding carboxylic acids is 1. The van der Waals surface area contributed by atoms with Crippen LogP contribution in [0.1, 0.15) is 5.56 Å². The van der Waals surface area contributed by atoms with Gasteiger partial charge in [0.15, 0.2) is 0 Å². The lowest BCUT2D eigenvalue weighted by atomic mass is 10.2. The number of anilines is 1. The monoisotopic (exact) mass is 309 g/mol. The van der Waals surface area contributed by atoms with E-state index < -0.39 is 5.82 Å². The lowest BCUT2D eigenvalue weighted by molar-refractivity contribution is -0.113. The topological polar surface area (TPSA) is 29.1 Å². The Bertz CT molecular complexity index is 633. The summed E-state index contributed by atoms with van der Waals surface area (Å²) in [5.74, 6) is -0.326. The molecule has 0 aliphatic carbocycles. The van der Waals surface area contributed by atoms with Gasteiger partial charge in [0.1, 0.15) is 5.82 Å². The largest absolute Gasteiger partial charge is 0.324 e. The minimum Gasteiger partial charge on any atom is -0.324 e. The minimum atomic E-state index is -0.428. The van der Waals surface area contributed by atoms with Crippen molar-refractivity contribution in [1.29, 1.82) is 0 Å². The van der Waals surface area contributed by atoms with Crippen LogP contribution >= 0.6 is 23.4 Å². The quantitative estimate of drug-likeness (QED) is 0.841. The molecule has 1 amide bonds. The van der Waals surface area contributed by atoms with E-state index in [1.165, 1.54) is 30.0 Å². The highest BCUT2D eigenvalue weighted by Crippen LogP contribution is 2.24. The number of carbonyl (C=O) groups is 1. The predicted octanol–water partition coefficient (Wildman–Crippen LogP) is 4.52. The zero-order chi connectivity index (χ0) is 14.5. The van der Waals surface area contributed by atoms with Crippen LogP contribution in [-0.4, -0.2) is 11.7 Å². The summed E-state index contributed by atoms with van der Waals surface area (Å²) in [6.07, 6.45) is 0. The van der Waals surface area contributed by atoms with Gasteiger partial charge in [0.05, 0.1) is 16.5 Å². The number of hydrogen-bond acceptors (Lipinski definition) is 2. The Labute approximate surface area is 126 Å². The Morgan fingerprint density at radius 1 is 1.30 bits per heavy atom. The van der Waals surface area contributed by atoms with Gasteiger partial charge < -0.3 is 5.32 Å². The summed E-state index contributed by atoms with van der Waals surface area (Å²) in [5, 5.41) is 2.86. The van der Waals surface area contributed by atoms with Crippen molar-refractivity contribution in [2.24, 2.45) is 0 Å². The van der Waals surface area contributed by atoms with Crippen LogP contribution in [0.3, 0.4) is 0 Å². The normalized spacial score (nSPS) is 10.3. The SMILES string of the molecule is Cc1ccccc1SCC(=O)Nc1ccc(F)cc1Cl. The second-order valence-electron chi connectivity index (χ2n) is 4.23. The third-order valence-corrected chi connectivity index (χ3v) is 4.15. The summed E-state index contributed by atoms with van der Waals surface area (Å²) >= 11 is 7.31. The van der Waals surface area contributed by atoms with Gasteiger partial charge in [-0.05, 0) is 36.8 Å². The number of aryl methyl sites for hydroxylation is 1. The number of hydrogen-bond donors (Lipinski definition) is 1. The first-order chi connectivity index (χ1) is 9.56. The van der Waals surface area contributed by atoms with Gasteiger partial charge in [0.25, 0.3) is 0 Å². The minimum absolute atomic E-state index is 0.174. The molecule has 0 saturated carbocycles. The average molecular weight is 310 g/mol. The zero-order valence-electron chi connectivity index (χ0n) is 10.8. The van der Waals surface area contributed by atoms with Gasteiger partial charge in [-0.1, -0.05) is 29.8 Å². The van der Waals surface area contributed by atoms with Gasteiger partial charge in [-0.3, -0.25) is 4.79 Å². The van der Waals surface area contributed by atoms with Crippen LogP contribution < -0.4 is 5.32 Å². The molecule has 0 spiro atoms. The molecule has 0 saturated heterocycles. The third kappa shape index (κ3) is 3.99. The van der Waals surface area contributed by atoms with Crippen LogP contribution in [0.5, 0.6) is 0 Å². The van der Waals surface area contributed by atoms with Gasteiger partial charge in [-0.15, -0.1) is 11.8 Å². The second kappa shape index (κ2) is 6.77. The first kappa shape index (κ1) is 14.9. The maximum atomic E-state index is 12.9. The van der Waals surface area contributed by atoms with E-state index in [-0.39, 0.29) is 16.7 Å². The molecule has 0 aliphatic rings. The van der Waals surface area contributed by atoms with Crippen molar-refractivity contribution >= 4 is 35.0 Å². The average Bonchev–Trinajstić information content (AvgIpc) is 2.41. The van der Waals surface area contributed by atoms with Crippen LogP contribution in [0.15, 0.2) is 47.4 Å². The molecule has 2 aromatic carbocycles. The molecule has 0 bridgehead atoms. The molecule has 104 valence electrons. The number of thioether (sulfide) groups is 1. The Morgan fingerprint density at radius 2 is 2.05 bits per heavy atom. The van der Waals surface area contributed by atoms with Crippen LogP contribution in [0.25, 0.3) is 0 Å². The van der Waals surface area contributed by atoms with E-state index in [9.17, 15) is 9.18 Å². The van der Waals surface area contributed by atoms with Crippen LogP contribution in [0, 0.1) is 12.7 Å². The zero-order valence-corrected chi connectivity index (χ0v) is 12.4. The van der Waals surface area contributed by atoms with Gasteiger partial charge >= 0.3 is 0 Å². The molecule has 0 fully saturated rings. The van der Waals surface area contributed by atoms with Crippen molar-refractivity contribution in [3.8, 4) is 0 Å². The summed E-state index contributed by atoms with van der Waals surface area (Å²) in [6.45, 7) is 2.00. The molecule has 2 aromatic rings. The first-order valence-electron chi connectivity index (χ1n) is 5.99. The molecule has 0 heterocycles. The molecule has 20 heavy (non-hydrogen) atoms. The molecule has 5 heteroatoms. The number of halogens is 2. The van der Waals surface area contributed by atoms with E-state index in [2.05, 4.69) is 5.32 Å². The fourth-order valence-corrected chi connectivity index (χ4v) is 2.68. The van der Waals surface area contributed by atoms with Gasteiger partial charge in [-0.25, -0.2) is 4.39 Å².